The van der Waals surface area contributed by atoms with Gasteiger partial charge in [-0.1, -0.05) is 24.3 Å². The van der Waals surface area contributed by atoms with E-state index in [4.69, 9.17) is 5.11 Å². The number of carbonyl (C=O) groups excluding carboxylic acids is 1. The summed E-state index contributed by atoms with van der Waals surface area (Å²) in [5.41, 5.74) is 1.86. The SMILES string of the molecule is CC(C)NC(=O)CCNCc1ccc(C(C)C(=O)O)cc1. The van der Waals surface area contributed by atoms with Crippen molar-refractivity contribution in [1.82, 2.24) is 10.6 Å². The van der Waals surface area contributed by atoms with Crippen LogP contribution in [-0.2, 0) is 16.1 Å². The lowest BCUT2D eigenvalue weighted by atomic mass is 10.0. The molecule has 0 saturated carbocycles. The number of hydrogen-bond acceptors (Lipinski definition) is 3. The summed E-state index contributed by atoms with van der Waals surface area (Å²) in [7, 11) is 0. The summed E-state index contributed by atoms with van der Waals surface area (Å²) < 4.78 is 0. The Labute approximate surface area is 125 Å². The number of nitrogens with one attached hydrogen (secondary N) is 2. The fraction of sp³-hybridized carbons (Fsp3) is 0.500. The Morgan fingerprint density at radius 2 is 1.76 bits per heavy atom. The van der Waals surface area contributed by atoms with Gasteiger partial charge in [0, 0.05) is 25.6 Å². The fourth-order valence-corrected chi connectivity index (χ4v) is 1.90. The first kappa shape index (κ1) is 17.2. The molecule has 116 valence electrons. The Hall–Kier alpha value is -1.88. The molecule has 5 nitrogen and oxygen atoms in total. The van der Waals surface area contributed by atoms with Crippen molar-refractivity contribution in [1.29, 1.82) is 0 Å². The number of rotatable bonds is 8. The topological polar surface area (TPSA) is 78.4 Å². The molecular weight excluding hydrogens is 268 g/mol. The van der Waals surface area contributed by atoms with Gasteiger partial charge in [0.05, 0.1) is 5.92 Å². The number of carboxylic acids is 1. The zero-order valence-corrected chi connectivity index (χ0v) is 12.8. The molecule has 0 aliphatic rings. The molecule has 0 aromatic heterocycles. The molecule has 3 N–H and O–H groups in total. The summed E-state index contributed by atoms with van der Waals surface area (Å²) in [5.74, 6) is -1.27. The maximum Gasteiger partial charge on any atom is 0.310 e. The summed E-state index contributed by atoms with van der Waals surface area (Å²) in [6, 6.07) is 7.66. The molecule has 1 rings (SSSR count). The van der Waals surface area contributed by atoms with Crippen LogP contribution >= 0.6 is 0 Å². The molecule has 21 heavy (non-hydrogen) atoms. The van der Waals surface area contributed by atoms with Crippen LogP contribution in [0.2, 0.25) is 0 Å². The summed E-state index contributed by atoms with van der Waals surface area (Å²) in [6.45, 7) is 6.82. The number of carboxylic acid groups (broad SMARTS) is 1. The second-order valence-corrected chi connectivity index (χ2v) is 5.45. The highest BCUT2D eigenvalue weighted by Crippen LogP contribution is 2.15. The monoisotopic (exact) mass is 292 g/mol. The first-order valence-electron chi connectivity index (χ1n) is 7.22. The lowest BCUT2D eigenvalue weighted by Crippen LogP contribution is -2.32. The van der Waals surface area contributed by atoms with Crippen molar-refractivity contribution in [3.63, 3.8) is 0 Å². The maximum atomic E-state index is 11.4. The number of aliphatic carboxylic acids is 1. The standard InChI is InChI=1S/C16H24N2O3/c1-11(2)18-15(19)8-9-17-10-13-4-6-14(7-5-13)12(3)16(20)21/h4-7,11-12,17H,8-10H2,1-3H3,(H,18,19)(H,20,21). The van der Waals surface area contributed by atoms with Gasteiger partial charge in [0.1, 0.15) is 0 Å². The van der Waals surface area contributed by atoms with Gasteiger partial charge in [-0.2, -0.15) is 0 Å². The Morgan fingerprint density at radius 3 is 2.29 bits per heavy atom. The van der Waals surface area contributed by atoms with Crippen LogP contribution in [-0.4, -0.2) is 29.6 Å². The van der Waals surface area contributed by atoms with Crippen LogP contribution < -0.4 is 10.6 Å². The van der Waals surface area contributed by atoms with E-state index in [0.29, 0.717) is 19.5 Å². The zero-order chi connectivity index (χ0) is 15.8. The Balaban J connectivity index is 2.33. The molecule has 1 aromatic carbocycles. The number of carbonyl (C=O) groups is 2. The van der Waals surface area contributed by atoms with Crippen LogP contribution in [0.15, 0.2) is 24.3 Å². The Morgan fingerprint density at radius 1 is 1.14 bits per heavy atom. The minimum absolute atomic E-state index is 0.0446. The van der Waals surface area contributed by atoms with E-state index in [2.05, 4.69) is 10.6 Å². The van der Waals surface area contributed by atoms with E-state index in [1.807, 2.05) is 38.1 Å². The lowest BCUT2D eigenvalue weighted by Gasteiger charge is -2.10. The Kier molecular flexibility index (Phi) is 6.88. The predicted octanol–water partition coefficient (Wildman–Crippen LogP) is 1.88. The summed E-state index contributed by atoms with van der Waals surface area (Å²) in [4.78, 5) is 22.3. The van der Waals surface area contributed by atoms with E-state index in [9.17, 15) is 9.59 Å². The van der Waals surface area contributed by atoms with Gasteiger partial charge in [-0.15, -0.1) is 0 Å². The number of amides is 1. The smallest absolute Gasteiger partial charge is 0.310 e. The van der Waals surface area contributed by atoms with Crippen molar-refractivity contribution < 1.29 is 14.7 Å². The normalized spacial score (nSPS) is 12.2. The zero-order valence-electron chi connectivity index (χ0n) is 12.8. The maximum absolute atomic E-state index is 11.4. The van der Waals surface area contributed by atoms with Crippen LogP contribution in [0.4, 0.5) is 0 Å². The van der Waals surface area contributed by atoms with Crippen LogP contribution in [0.25, 0.3) is 0 Å². The van der Waals surface area contributed by atoms with E-state index in [0.717, 1.165) is 11.1 Å². The Bertz CT molecular complexity index is 469. The average Bonchev–Trinajstić information content (AvgIpc) is 2.42. The lowest BCUT2D eigenvalue weighted by molar-refractivity contribution is -0.138. The highest BCUT2D eigenvalue weighted by molar-refractivity contribution is 5.76. The van der Waals surface area contributed by atoms with Gasteiger partial charge >= 0.3 is 5.97 Å². The molecular formula is C16H24N2O3. The molecule has 0 spiro atoms. The minimum Gasteiger partial charge on any atom is -0.481 e. The van der Waals surface area contributed by atoms with Gasteiger partial charge in [0.25, 0.3) is 0 Å². The molecule has 1 amide bonds. The van der Waals surface area contributed by atoms with Gasteiger partial charge in [-0.05, 0) is 31.9 Å². The van der Waals surface area contributed by atoms with E-state index < -0.39 is 11.9 Å². The first-order chi connectivity index (χ1) is 9.90. The fourth-order valence-electron chi connectivity index (χ4n) is 1.90. The molecule has 5 heteroatoms. The number of benzene rings is 1. The summed E-state index contributed by atoms with van der Waals surface area (Å²) >= 11 is 0. The van der Waals surface area contributed by atoms with Gasteiger partial charge < -0.3 is 15.7 Å². The quantitative estimate of drug-likeness (QED) is 0.639. The second kappa shape index (κ2) is 8.42. The van der Waals surface area contributed by atoms with Gasteiger partial charge in [-0.3, -0.25) is 9.59 Å². The number of hydrogen-bond donors (Lipinski definition) is 3. The van der Waals surface area contributed by atoms with Crippen molar-refractivity contribution >= 4 is 11.9 Å². The van der Waals surface area contributed by atoms with E-state index in [1.54, 1.807) is 6.92 Å². The molecule has 0 aliphatic carbocycles. The van der Waals surface area contributed by atoms with Gasteiger partial charge in [0.2, 0.25) is 5.91 Å². The summed E-state index contributed by atoms with van der Waals surface area (Å²) in [6.07, 6.45) is 0.451. The molecule has 0 aliphatic heterocycles. The van der Waals surface area contributed by atoms with E-state index in [-0.39, 0.29) is 11.9 Å². The molecule has 1 atom stereocenters. The van der Waals surface area contributed by atoms with Crippen LogP contribution in [0.1, 0.15) is 44.2 Å². The van der Waals surface area contributed by atoms with Gasteiger partial charge in [0.15, 0.2) is 0 Å². The third kappa shape index (κ3) is 6.40. The van der Waals surface area contributed by atoms with Crippen LogP contribution in [0.3, 0.4) is 0 Å². The van der Waals surface area contributed by atoms with E-state index >= 15 is 0 Å². The highest BCUT2D eigenvalue weighted by Gasteiger charge is 2.12. The van der Waals surface area contributed by atoms with Gasteiger partial charge in [-0.25, -0.2) is 0 Å². The van der Waals surface area contributed by atoms with Crippen LogP contribution in [0, 0.1) is 0 Å². The largest absolute Gasteiger partial charge is 0.481 e. The van der Waals surface area contributed by atoms with E-state index in [1.165, 1.54) is 0 Å². The third-order valence-corrected chi connectivity index (χ3v) is 3.16. The van der Waals surface area contributed by atoms with Crippen molar-refractivity contribution in [3.8, 4) is 0 Å². The molecule has 1 aromatic rings. The average molecular weight is 292 g/mol. The molecule has 0 fully saturated rings. The summed E-state index contributed by atoms with van der Waals surface area (Å²) in [5, 5.41) is 15.0. The second-order valence-electron chi connectivity index (χ2n) is 5.45. The van der Waals surface area contributed by atoms with Crippen molar-refractivity contribution in [2.75, 3.05) is 6.54 Å². The van der Waals surface area contributed by atoms with Crippen molar-refractivity contribution in [2.45, 2.75) is 45.7 Å². The molecule has 0 radical (unpaired) electrons. The van der Waals surface area contributed by atoms with Crippen molar-refractivity contribution in [2.24, 2.45) is 0 Å². The third-order valence-electron chi connectivity index (χ3n) is 3.16. The molecule has 0 bridgehead atoms. The molecule has 0 heterocycles. The molecule has 0 saturated heterocycles. The predicted molar refractivity (Wildman–Crippen MR) is 82.1 cm³/mol. The van der Waals surface area contributed by atoms with Crippen molar-refractivity contribution in [3.05, 3.63) is 35.4 Å². The molecule has 1 unspecified atom stereocenters. The first-order valence-corrected chi connectivity index (χ1v) is 7.22. The van der Waals surface area contributed by atoms with Crippen LogP contribution in [0.5, 0.6) is 0 Å². The minimum atomic E-state index is -0.822. The highest BCUT2D eigenvalue weighted by atomic mass is 16.4.